The summed E-state index contributed by atoms with van der Waals surface area (Å²) in [6.07, 6.45) is 7.95. The molecule has 1 aliphatic carbocycles. The first-order valence-corrected chi connectivity index (χ1v) is 19.3. The highest BCUT2D eigenvalue weighted by atomic mass is 32.2. The number of hydrogen-bond donors (Lipinski definition) is 1. The standard InChI is InChI=1S/C32H46FN5O4SSi/c1-22(39)43-28-16-18-37(30(31(41)23-14-15-23)26-11-7-8-12-27(26)33)20-24(28)19-25-21-38(36-34-25)17-10-9-13-29(40)35-42-44(5,6)32(2,3)4/h7-8,11-12,19,21,23,28,30H,9-10,13-18,20H2,1-6H3,(H,35,40)/b24-19-. The Kier molecular flexibility index (Phi) is 11.4. The molecular weight excluding hydrogens is 598 g/mol. The first-order valence-electron chi connectivity index (χ1n) is 15.5. The van der Waals surface area contributed by atoms with Crippen LogP contribution in [-0.2, 0) is 25.5 Å². The number of thioether (sulfide) groups is 1. The fourth-order valence-electron chi connectivity index (χ4n) is 5.02. The number of aromatic nitrogens is 3. The molecule has 2 fully saturated rings. The van der Waals surface area contributed by atoms with Gasteiger partial charge in [-0.3, -0.25) is 24.0 Å². The van der Waals surface area contributed by atoms with E-state index in [0.717, 1.165) is 24.8 Å². The first-order chi connectivity index (χ1) is 20.7. The molecule has 2 unspecified atom stereocenters. The highest BCUT2D eigenvalue weighted by Gasteiger charge is 2.41. The number of benzene rings is 1. The number of carbonyl (C=O) groups is 3. The van der Waals surface area contributed by atoms with Crippen molar-refractivity contribution in [3.63, 3.8) is 0 Å². The SMILES string of the molecule is CC(=O)SC1CCN(C(C(=O)C2CC2)c2ccccc2F)C/C1=C/c1cn(CCCCC(=O)NO[Si](C)(C)C(C)(C)C)nn1. The normalized spacial score (nSPS) is 19.6. The van der Waals surface area contributed by atoms with Crippen molar-refractivity contribution in [1.82, 2.24) is 25.4 Å². The average molecular weight is 644 g/mol. The largest absolute Gasteiger partial charge is 0.320 e. The van der Waals surface area contributed by atoms with E-state index in [2.05, 4.69) is 49.7 Å². The van der Waals surface area contributed by atoms with Gasteiger partial charge in [-0.25, -0.2) is 9.87 Å². The summed E-state index contributed by atoms with van der Waals surface area (Å²) in [5, 5.41) is 8.58. The van der Waals surface area contributed by atoms with Gasteiger partial charge in [0.2, 0.25) is 14.2 Å². The molecule has 44 heavy (non-hydrogen) atoms. The molecule has 1 N–H and O–H groups in total. The fraction of sp³-hybridized carbons (Fsp3) is 0.594. The Hall–Kier alpha value is -2.67. The third-order valence-electron chi connectivity index (χ3n) is 8.76. The second-order valence-corrected chi connectivity index (χ2v) is 19.5. The lowest BCUT2D eigenvalue weighted by Gasteiger charge is -2.38. The van der Waals surface area contributed by atoms with E-state index in [9.17, 15) is 18.8 Å². The van der Waals surface area contributed by atoms with Gasteiger partial charge in [-0.2, -0.15) is 0 Å². The van der Waals surface area contributed by atoms with Gasteiger partial charge < -0.3 is 4.53 Å². The van der Waals surface area contributed by atoms with E-state index in [1.807, 2.05) is 17.2 Å². The number of unbranched alkanes of at least 4 members (excludes halogenated alkanes) is 1. The third kappa shape index (κ3) is 9.18. The molecule has 1 aliphatic heterocycles. The number of halogens is 1. The van der Waals surface area contributed by atoms with Crippen molar-refractivity contribution in [2.45, 2.75) is 102 Å². The maximum Gasteiger partial charge on any atom is 0.242 e. The Labute approximate surface area is 265 Å². The molecule has 0 spiro atoms. The Morgan fingerprint density at radius 1 is 1.18 bits per heavy atom. The van der Waals surface area contributed by atoms with Gasteiger partial charge >= 0.3 is 0 Å². The number of aryl methyl sites for hydroxylation is 1. The quantitative estimate of drug-likeness (QED) is 0.159. The van der Waals surface area contributed by atoms with Crippen LogP contribution in [-0.4, -0.2) is 63.4 Å². The van der Waals surface area contributed by atoms with Crippen LogP contribution in [0.4, 0.5) is 4.39 Å². The molecule has 2 heterocycles. The second-order valence-electron chi connectivity index (χ2n) is 13.4. The Balaban J connectivity index is 1.39. The average Bonchev–Trinajstić information content (AvgIpc) is 3.71. The summed E-state index contributed by atoms with van der Waals surface area (Å²) in [5.74, 6) is -0.449. The van der Waals surface area contributed by atoms with Crippen LogP contribution in [0, 0.1) is 11.7 Å². The van der Waals surface area contributed by atoms with E-state index in [1.165, 1.54) is 17.8 Å². The van der Waals surface area contributed by atoms with Crippen molar-refractivity contribution in [2.75, 3.05) is 13.1 Å². The molecule has 1 amide bonds. The minimum Gasteiger partial charge on any atom is -0.320 e. The van der Waals surface area contributed by atoms with Gasteiger partial charge in [0.05, 0.1) is 12.2 Å². The van der Waals surface area contributed by atoms with Crippen molar-refractivity contribution in [1.29, 1.82) is 0 Å². The lowest BCUT2D eigenvalue weighted by atomic mass is 9.93. The summed E-state index contributed by atoms with van der Waals surface area (Å²) < 4.78 is 22.5. The Morgan fingerprint density at radius 3 is 2.57 bits per heavy atom. The summed E-state index contributed by atoms with van der Waals surface area (Å²) in [6, 6.07) is 5.87. The third-order valence-corrected chi connectivity index (χ3v) is 14.1. The van der Waals surface area contributed by atoms with Crippen LogP contribution in [0.3, 0.4) is 0 Å². The lowest BCUT2D eigenvalue weighted by molar-refractivity contribution is -0.128. The van der Waals surface area contributed by atoms with Crippen LogP contribution in [0.5, 0.6) is 0 Å². The predicted octanol–water partition coefficient (Wildman–Crippen LogP) is 6.10. The molecule has 1 saturated heterocycles. The number of nitrogens with one attached hydrogen (secondary N) is 1. The molecule has 0 radical (unpaired) electrons. The summed E-state index contributed by atoms with van der Waals surface area (Å²) >= 11 is 1.28. The zero-order valence-electron chi connectivity index (χ0n) is 26.8. The molecule has 1 saturated carbocycles. The minimum atomic E-state index is -2.05. The number of hydroxylamine groups is 1. The zero-order chi connectivity index (χ0) is 32.1. The fourth-order valence-corrected chi connectivity index (χ4v) is 6.62. The number of likely N-dealkylation sites (tertiary alicyclic amines) is 1. The molecule has 2 aromatic rings. The van der Waals surface area contributed by atoms with Crippen LogP contribution in [0.15, 0.2) is 36.0 Å². The molecule has 1 aromatic carbocycles. The van der Waals surface area contributed by atoms with Gasteiger partial charge in [0, 0.05) is 49.7 Å². The minimum absolute atomic E-state index is 0.0105. The monoisotopic (exact) mass is 643 g/mol. The first kappa shape index (κ1) is 34.2. The van der Waals surface area contributed by atoms with Crippen molar-refractivity contribution < 1.29 is 23.3 Å². The Bertz CT molecular complexity index is 1370. The second kappa shape index (κ2) is 14.6. The summed E-state index contributed by atoms with van der Waals surface area (Å²) in [5.41, 5.74) is 4.68. The number of piperidine rings is 1. The van der Waals surface area contributed by atoms with E-state index in [0.29, 0.717) is 50.2 Å². The summed E-state index contributed by atoms with van der Waals surface area (Å²) in [4.78, 5) is 39.9. The number of nitrogens with zero attached hydrogens (tertiary/aromatic N) is 4. The number of rotatable bonds is 13. The molecule has 240 valence electrons. The van der Waals surface area contributed by atoms with E-state index in [4.69, 9.17) is 4.53 Å². The molecule has 2 atom stereocenters. The summed E-state index contributed by atoms with van der Waals surface area (Å²) in [7, 11) is -2.05. The molecule has 0 bridgehead atoms. The van der Waals surface area contributed by atoms with Crippen molar-refractivity contribution in [3.05, 3.63) is 53.1 Å². The van der Waals surface area contributed by atoms with E-state index in [-0.39, 0.29) is 38.8 Å². The molecule has 4 rings (SSSR count). The van der Waals surface area contributed by atoms with E-state index in [1.54, 1.807) is 29.8 Å². The van der Waals surface area contributed by atoms with Crippen molar-refractivity contribution in [3.8, 4) is 0 Å². The van der Waals surface area contributed by atoms with Gasteiger partial charge in [0.25, 0.3) is 0 Å². The number of ketones is 1. The molecular formula is C32H46FN5O4SSi. The molecule has 1 aromatic heterocycles. The number of hydrogen-bond acceptors (Lipinski definition) is 8. The van der Waals surface area contributed by atoms with Crippen LogP contribution in [0.1, 0.15) is 83.5 Å². The summed E-state index contributed by atoms with van der Waals surface area (Å²) in [6.45, 7) is 13.7. The number of amides is 1. The van der Waals surface area contributed by atoms with Crippen molar-refractivity contribution in [2.24, 2.45) is 5.92 Å². The van der Waals surface area contributed by atoms with Gasteiger partial charge in [0.1, 0.15) is 11.5 Å². The van der Waals surface area contributed by atoms with Crippen LogP contribution in [0.25, 0.3) is 6.08 Å². The van der Waals surface area contributed by atoms with Gasteiger partial charge in [-0.05, 0) is 68.0 Å². The highest BCUT2D eigenvalue weighted by molar-refractivity contribution is 8.14. The predicted molar refractivity (Wildman–Crippen MR) is 173 cm³/mol. The smallest absolute Gasteiger partial charge is 0.242 e. The van der Waals surface area contributed by atoms with E-state index < -0.39 is 14.4 Å². The topological polar surface area (TPSA) is 106 Å². The Morgan fingerprint density at radius 2 is 1.91 bits per heavy atom. The van der Waals surface area contributed by atoms with Gasteiger partial charge in [-0.1, -0.05) is 55.9 Å². The van der Waals surface area contributed by atoms with Crippen LogP contribution < -0.4 is 5.48 Å². The van der Waals surface area contributed by atoms with E-state index >= 15 is 0 Å². The maximum atomic E-state index is 14.9. The molecule has 2 aliphatic rings. The molecule has 12 heteroatoms. The van der Waals surface area contributed by atoms with Gasteiger partial charge in [-0.15, -0.1) is 5.10 Å². The van der Waals surface area contributed by atoms with Crippen molar-refractivity contribution >= 4 is 43.0 Å². The molecule has 9 nitrogen and oxygen atoms in total. The number of Topliss-reactive ketones (excluding diaryl/α,β-unsaturated/α-hetero) is 1. The van der Waals surface area contributed by atoms with Gasteiger partial charge in [0.15, 0.2) is 10.9 Å². The lowest BCUT2D eigenvalue weighted by Crippen LogP contribution is -2.46. The number of carbonyl (C=O) groups excluding carboxylic acids is 3. The zero-order valence-corrected chi connectivity index (χ0v) is 28.6. The maximum absolute atomic E-state index is 14.9. The van der Waals surface area contributed by atoms with Crippen LogP contribution >= 0.6 is 11.8 Å². The van der Waals surface area contributed by atoms with Crippen LogP contribution in [0.2, 0.25) is 18.1 Å². The highest BCUT2D eigenvalue weighted by Crippen LogP contribution is 2.41.